The van der Waals surface area contributed by atoms with E-state index in [0.29, 0.717) is 15.9 Å². The SMILES string of the molecule is Cc1cnc(C(C)Nc2ncc([N+](=O)[O-])c(C)c2Br)s1. The van der Waals surface area contributed by atoms with Gasteiger partial charge in [0.2, 0.25) is 0 Å². The van der Waals surface area contributed by atoms with Gasteiger partial charge in [-0.25, -0.2) is 9.97 Å². The summed E-state index contributed by atoms with van der Waals surface area (Å²) in [5, 5.41) is 15.0. The van der Waals surface area contributed by atoms with Crippen LogP contribution in [0.5, 0.6) is 0 Å². The molecule has 0 spiro atoms. The maximum Gasteiger partial charge on any atom is 0.291 e. The largest absolute Gasteiger partial charge is 0.360 e. The second kappa shape index (κ2) is 5.84. The Bertz CT molecular complexity index is 659. The molecular weight excluding hydrogens is 344 g/mol. The fraction of sp³-hybridized carbons (Fsp3) is 0.333. The molecule has 8 heteroatoms. The minimum absolute atomic E-state index is 0.000158. The van der Waals surface area contributed by atoms with E-state index in [4.69, 9.17) is 0 Å². The van der Waals surface area contributed by atoms with Crippen LogP contribution in [0.3, 0.4) is 0 Å². The molecule has 0 fully saturated rings. The Morgan fingerprint density at radius 3 is 2.65 bits per heavy atom. The van der Waals surface area contributed by atoms with E-state index < -0.39 is 4.92 Å². The molecule has 0 aliphatic carbocycles. The number of aromatic nitrogens is 2. The molecule has 1 unspecified atom stereocenters. The van der Waals surface area contributed by atoms with Crippen molar-refractivity contribution < 1.29 is 4.92 Å². The van der Waals surface area contributed by atoms with Gasteiger partial charge < -0.3 is 5.32 Å². The molecule has 1 N–H and O–H groups in total. The summed E-state index contributed by atoms with van der Waals surface area (Å²) >= 11 is 4.97. The molecule has 2 heterocycles. The van der Waals surface area contributed by atoms with Crippen LogP contribution in [-0.2, 0) is 0 Å². The van der Waals surface area contributed by atoms with Crippen molar-refractivity contribution in [2.45, 2.75) is 26.8 Å². The summed E-state index contributed by atoms with van der Waals surface area (Å²) in [4.78, 5) is 20.0. The molecule has 6 nitrogen and oxygen atoms in total. The van der Waals surface area contributed by atoms with Crippen LogP contribution in [0.25, 0.3) is 0 Å². The maximum atomic E-state index is 10.8. The highest BCUT2D eigenvalue weighted by Crippen LogP contribution is 2.32. The first kappa shape index (κ1) is 14.9. The van der Waals surface area contributed by atoms with Gasteiger partial charge in [-0.05, 0) is 36.7 Å². The Balaban J connectivity index is 2.26. The Morgan fingerprint density at radius 2 is 2.10 bits per heavy atom. The Hall–Kier alpha value is -1.54. The molecule has 2 aromatic heterocycles. The van der Waals surface area contributed by atoms with Crippen molar-refractivity contribution in [1.82, 2.24) is 9.97 Å². The van der Waals surface area contributed by atoms with Crippen molar-refractivity contribution in [2.24, 2.45) is 0 Å². The summed E-state index contributed by atoms with van der Waals surface area (Å²) in [5.74, 6) is 0.577. The number of halogens is 1. The highest BCUT2D eigenvalue weighted by molar-refractivity contribution is 9.10. The van der Waals surface area contributed by atoms with Gasteiger partial charge in [0.25, 0.3) is 5.69 Å². The molecular formula is C12H13BrN4O2S. The highest BCUT2D eigenvalue weighted by atomic mass is 79.9. The smallest absolute Gasteiger partial charge is 0.291 e. The Labute approximate surface area is 128 Å². The van der Waals surface area contributed by atoms with Gasteiger partial charge in [-0.3, -0.25) is 10.1 Å². The summed E-state index contributed by atoms with van der Waals surface area (Å²) in [6.45, 7) is 5.66. The molecule has 0 radical (unpaired) electrons. The summed E-state index contributed by atoms with van der Waals surface area (Å²) in [7, 11) is 0. The lowest BCUT2D eigenvalue weighted by molar-refractivity contribution is -0.385. The first-order valence-electron chi connectivity index (χ1n) is 5.88. The summed E-state index contributed by atoms with van der Waals surface area (Å²) < 4.78 is 0.604. The number of rotatable bonds is 4. The first-order valence-corrected chi connectivity index (χ1v) is 7.49. The van der Waals surface area contributed by atoms with E-state index in [1.165, 1.54) is 6.20 Å². The molecule has 0 saturated heterocycles. The normalized spacial score (nSPS) is 12.2. The lowest BCUT2D eigenvalue weighted by Crippen LogP contribution is -2.09. The third-order valence-electron chi connectivity index (χ3n) is 2.80. The molecule has 1 atom stereocenters. The van der Waals surface area contributed by atoms with Crippen LogP contribution in [-0.4, -0.2) is 14.9 Å². The average Bonchev–Trinajstić information content (AvgIpc) is 2.81. The minimum Gasteiger partial charge on any atom is -0.360 e. The Kier molecular flexibility index (Phi) is 4.34. The van der Waals surface area contributed by atoms with Crippen molar-refractivity contribution in [3.8, 4) is 0 Å². The molecule has 2 aromatic rings. The number of thiazole rings is 1. The molecule has 0 bridgehead atoms. The number of nitro groups is 1. The standard InChI is InChI=1S/C12H13BrN4O2S/c1-6-4-15-12(20-6)8(3)16-11-10(13)7(2)9(5-14-11)17(18)19/h4-5,8H,1-3H3,(H,14,16). The zero-order valence-corrected chi connectivity index (χ0v) is 13.6. The van der Waals surface area contributed by atoms with E-state index in [-0.39, 0.29) is 11.7 Å². The predicted molar refractivity (Wildman–Crippen MR) is 82.2 cm³/mol. The van der Waals surface area contributed by atoms with E-state index in [2.05, 4.69) is 31.2 Å². The van der Waals surface area contributed by atoms with E-state index in [9.17, 15) is 10.1 Å². The number of anilines is 1. The van der Waals surface area contributed by atoms with E-state index in [1.807, 2.05) is 20.0 Å². The number of pyridine rings is 1. The molecule has 0 saturated carbocycles. The Morgan fingerprint density at radius 1 is 1.40 bits per heavy atom. The fourth-order valence-corrected chi connectivity index (χ4v) is 2.89. The van der Waals surface area contributed by atoms with Crippen LogP contribution in [0, 0.1) is 24.0 Å². The lowest BCUT2D eigenvalue weighted by Gasteiger charge is -2.14. The van der Waals surface area contributed by atoms with Gasteiger partial charge in [0.15, 0.2) is 0 Å². The predicted octanol–water partition coefficient (Wildman–Crippen LogP) is 4.00. The van der Waals surface area contributed by atoms with Crippen molar-refractivity contribution in [3.05, 3.63) is 42.4 Å². The van der Waals surface area contributed by atoms with E-state index >= 15 is 0 Å². The topological polar surface area (TPSA) is 81.0 Å². The van der Waals surface area contributed by atoms with Gasteiger partial charge in [-0.2, -0.15) is 0 Å². The van der Waals surface area contributed by atoms with Gasteiger partial charge in [-0.15, -0.1) is 11.3 Å². The lowest BCUT2D eigenvalue weighted by atomic mass is 10.2. The zero-order chi connectivity index (χ0) is 14.9. The summed E-state index contributed by atoms with van der Waals surface area (Å²) in [6.07, 6.45) is 3.09. The number of aryl methyl sites for hydroxylation is 1. The monoisotopic (exact) mass is 356 g/mol. The number of nitrogens with zero attached hydrogens (tertiary/aromatic N) is 3. The number of nitrogens with one attached hydrogen (secondary N) is 1. The number of hydrogen-bond donors (Lipinski definition) is 1. The highest BCUT2D eigenvalue weighted by Gasteiger charge is 2.19. The van der Waals surface area contributed by atoms with Crippen LogP contribution in [0.1, 0.15) is 28.4 Å². The third kappa shape index (κ3) is 2.96. The van der Waals surface area contributed by atoms with Crippen LogP contribution in [0.2, 0.25) is 0 Å². The molecule has 20 heavy (non-hydrogen) atoms. The van der Waals surface area contributed by atoms with Crippen molar-refractivity contribution in [1.29, 1.82) is 0 Å². The molecule has 2 rings (SSSR count). The average molecular weight is 357 g/mol. The molecule has 0 aliphatic heterocycles. The van der Waals surface area contributed by atoms with E-state index in [1.54, 1.807) is 18.3 Å². The van der Waals surface area contributed by atoms with Crippen molar-refractivity contribution >= 4 is 38.8 Å². The molecule has 0 aromatic carbocycles. The van der Waals surface area contributed by atoms with Crippen LogP contribution < -0.4 is 5.32 Å². The molecule has 0 amide bonds. The van der Waals surface area contributed by atoms with Gasteiger partial charge in [-0.1, -0.05) is 0 Å². The van der Waals surface area contributed by atoms with Crippen LogP contribution >= 0.6 is 27.3 Å². The van der Waals surface area contributed by atoms with Crippen LogP contribution in [0.4, 0.5) is 11.5 Å². The fourth-order valence-electron chi connectivity index (χ4n) is 1.69. The van der Waals surface area contributed by atoms with Gasteiger partial charge in [0, 0.05) is 16.6 Å². The second-order valence-electron chi connectivity index (χ2n) is 4.36. The minimum atomic E-state index is -0.440. The van der Waals surface area contributed by atoms with Crippen molar-refractivity contribution in [2.75, 3.05) is 5.32 Å². The van der Waals surface area contributed by atoms with Crippen LogP contribution in [0.15, 0.2) is 16.9 Å². The second-order valence-corrected chi connectivity index (χ2v) is 6.42. The van der Waals surface area contributed by atoms with Crippen molar-refractivity contribution in [3.63, 3.8) is 0 Å². The summed E-state index contributed by atoms with van der Waals surface area (Å²) in [6, 6.07) is -0.0154. The van der Waals surface area contributed by atoms with E-state index in [0.717, 1.165) is 9.88 Å². The summed E-state index contributed by atoms with van der Waals surface area (Å²) in [5.41, 5.74) is 0.551. The maximum absolute atomic E-state index is 10.8. The molecule has 0 aliphatic rings. The zero-order valence-electron chi connectivity index (χ0n) is 11.2. The molecule has 106 valence electrons. The van der Waals surface area contributed by atoms with Gasteiger partial charge in [0.1, 0.15) is 17.0 Å². The quantitative estimate of drug-likeness (QED) is 0.661. The first-order chi connectivity index (χ1) is 9.40. The van der Waals surface area contributed by atoms with Gasteiger partial charge >= 0.3 is 0 Å². The third-order valence-corrected chi connectivity index (χ3v) is 4.86. The van der Waals surface area contributed by atoms with Gasteiger partial charge in [0.05, 0.1) is 15.4 Å². The number of hydrogen-bond acceptors (Lipinski definition) is 6.